The van der Waals surface area contributed by atoms with Crippen LogP contribution in [0, 0.1) is 0 Å². The molecule has 178 valence electrons. The van der Waals surface area contributed by atoms with Gasteiger partial charge in [0.05, 0.1) is 41.1 Å². The van der Waals surface area contributed by atoms with Crippen LogP contribution in [0.5, 0.6) is 23.0 Å². The van der Waals surface area contributed by atoms with E-state index >= 15 is 0 Å². The number of benzene rings is 2. The van der Waals surface area contributed by atoms with Crippen molar-refractivity contribution in [2.45, 2.75) is 4.90 Å². The summed E-state index contributed by atoms with van der Waals surface area (Å²) in [5, 5.41) is 8.83. The lowest BCUT2D eigenvalue weighted by atomic mass is 10.1. The highest BCUT2D eigenvalue weighted by Gasteiger charge is 2.30. The van der Waals surface area contributed by atoms with Gasteiger partial charge in [-0.3, -0.25) is 4.72 Å². The molecule has 0 unspecified atom stereocenters. The van der Waals surface area contributed by atoms with Crippen LogP contribution in [0.15, 0.2) is 35.2 Å². The van der Waals surface area contributed by atoms with Gasteiger partial charge >= 0.3 is 11.9 Å². The highest BCUT2D eigenvalue weighted by atomic mass is 32.2. The topological polar surface area (TPSA) is 147 Å². The highest BCUT2D eigenvalue weighted by Crippen LogP contribution is 2.46. The smallest absolute Gasteiger partial charge is 0.340 e. The summed E-state index contributed by atoms with van der Waals surface area (Å²) < 4.78 is 54.8. The fourth-order valence-electron chi connectivity index (χ4n) is 2.89. The number of hydrogen-bond donors (Lipinski definition) is 2. The first-order valence-corrected chi connectivity index (χ1v) is 10.6. The molecule has 0 saturated heterocycles. The molecular formula is C21H23NO10S. The molecule has 0 heterocycles. The Hall–Kier alpha value is -3.93. The molecule has 0 aliphatic rings. The first-order valence-electron chi connectivity index (χ1n) is 9.16. The van der Waals surface area contributed by atoms with Crippen molar-refractivity contribution in [1.29, 1.82) is 0 Å². The third-order valence-electron chi connectivity index (χ3n) is 4.37. The van der Waals surface area contributed by atoms with Crippen LogP contribution in [0.25, 0.3) is 6.08 Å². The Kier molecular flexibility index (Phi) is 8.13. The number of methoxy groups -OCH3 is 5. The molecule has 0 radical (unpaired) electrons. The van der Waals surface area contributed by atoms with Gasteiger partial charge in [-0.15, -0.1) is 0 Å². The van der Waals surface area contributed by atoms with Crippen molar-refractivity contribution in [2.24, 2.45) is 0 Å². The number of carboxylic acid groups (broad SMARTS) is 1. The Morgan fingerprint density at radius 3 is 2.06 bits per heavy atom. The lowest BCUT2D eigenvalue weighted by Crippen LogP contribution is -2.18. The van der Waals surface area contributed by atoms with E-state index in [2.05, 4.69) is 4.72 Å². The molecule has 0 atom stereocenters. The number of carbonyl (C=O) groups is 2. The van der Waals surface area contributed by atoms with Gasteiger partial charge in [-0.25, -0.2) is 18.0 Å². The van der Waals surface area contributed by atoms with Crippen molar-refractivity contribution in [1.82, 2.24) is 0 Å². The average molecular weight is 481 g/mol. The number of anilines is 1. The van der Waals surface area contributed by atoms with Gasteiger partial charge < -0.3 is 28.8 Å². The van der Waals surface area contributed by atoms with E-state index in [4.69, 9.17) is 28.8 Å². The Labute approximate surface area is 190 Å². The first-order chi connectivity index (χ1) is 15.6. The maximum atomic E-state index is 13.3. The van der Waals surface area contributed by atoms with Gasteiger partial charge in [0.1, 0.15) is 16.3 Å². The first kappa shape index (κ1) is 25.3. The van der Waals surface area contributed by atoms with Gasteiger partial charge in [0.25, 0.3) is 10.0 Å². The van der Waals surface area contributed by atoms with Crippen molar-refractivity contribution in [3.05, 3.63) is 41.5 Å². The number of hydrogen-bond acceptors (Lipinski definition) is 9. The predicted octanol–water partition coefficient (Wildman–Crippen LogP) is 2.41. The van der Waals surface area contributed by atoms with E-state index in [1.165, 1.54) is 58.8 Å². The van der Waals surface area contributed by atoms with Gasteiger partial charge in [-0.2, -0.15) is 0 Å². The van der Waals surface area contributed by atoms with E-state index < -0.39 is 22.0 Å². The number of aliphatic carboxylic acids is 1. The summed E-state index contributed by atoms with van der Waals surface area (Å²) in [4.78, 5) is 22.9. The molecule has 33 heavy (non-hydrogen) atoms. The quantitative estimate of drug-likeness (QED) is 0.383. The van der Waals surface area contributed by atoms with Gasteiger partial charge in [0, 0.05) is 12.1 Å². The molecule has 0 aliphatic heterocycles. The summed E-state index contributed by atoms with van der Waals surface area (Å²) >= 11 is 0. The Balaban J connectivity index is 2.74. The number of sulfonamides is 1. The highest BCUT2D eigenvalue weighted by molar-refractivity contribution is 7.92. The molecule has 0 amide bonds. The molecule has 2 aromatic carbocycles. The molecule has 0 saturated carbocycles. The van der Waals surface area contributed by atoms with Crippen molar-refractivity contribution in [3.63, 3.8) is 0 Å². The summed E-state index contributed by atoms with van der Waals surface area (Å²) in [6, 6.07) is 5.30. The van der Waals surface area contributed by atoms with Crippen LogP contribution in [-0.4, -0.2) is 61.0 Å². The Bertz CT molecular complexity index is 1190. The maximum absolute atomic E-state index is 13.3. The van der Waals surface area contributed by atoms with E-state index in [-0.39, 0.29) is 44.7 Å². The number of ether oxygens (including phenoxy) is 5. The van der Waals surface area contributed by atoms with Crippen LogP contribution < -0.4 is 23.7 Å². The Morgan fingerprint density at radius 1 is 0.909 bits per heavy atom. The van der Waals surface area contributed by atoms with Gasteiger partial charge in [-0.1, -0.05) is 6.07 Å². The monoisotopic (exact) mass is 481 g/mol. The molecule has 2 aromatic rings. The van der Waals surface area contributed by atoms with Crippen molar-refractivity contribution >= 4 is 33.7 Å². The molecule has 11 nitrogen and oxygen atoms in total. The minimum absolute atomic E-state index is 0.0194. The zero-order valence-electron chi connectivity index (χ0n) is 18.5. The average Bonchev–Trinajstić information content (AvgIpc) is 2.81. The molecule has 0 aromatic heterocycles. The maximum Gasteiger partial charge on any atom is 0.340 e. The molecule has 2 N–H and O–H groups in total. The van der Waals surface area contributed by atoms with Crippen molar-refractivity contribution in [3.8, 4) is 23.0 Å². The third kappa shape index (κ3) is 5.47. The molecule has 0 aliphatic carbocycles. The van der Waals surface area contributed by atoms with Crippen molar-refractivity contribution < 1.29 is 46.8 Å². The number of carbonyl (C=O) groups excluding carboxylic acids is 1. The summed E-state index contributed by atoms with van der Waals surface area (Å²) in [6.45, 7) is 0. The Morgan fingerprint density at radius 2 is 1.55 bits per heavy atom. The second kappa shape index (κ2) is 10.6. The van der Waals surface area contributed by atoms with Crippen LogP contribution in [0.4, 0.5) is 5.69 Å². The lowest BCUT2D eigenvalue weighted by Gasteiger charge is -2.20. The SMILES string of the molecule is COC(=O)c1cc(OC)c(OC)c(OC)c1NS(=O)(=O)c1cc(/C=C/C(=O)O)ccc1OC. The molecule has 0 spiro atoms. The predicted molar refractivity (Wildman–Crippen MR) is 118 cm³/mol. The van der Waals surface area contributed by atoms with Crippen LogP contribution in [0.2, 0.25) is 0 Å². The van der Waals surface area contributed by atoms with Crippen molar-refractivity contribution in [2.75, 3.05) is 40.3 Å². The van der Waals surface area contributed by atoms with Gasteiger partial charge in [-0.05, 0) is 23.8 Å². The second-order valence-corrected chi connectivity index (χ2v) is 7.90. The molecule has 2 rings (SSSR count). The zero-order chi connectivity index (χ0) is 24.8. The van der Waals surface area contributed by atoms with E-state index in [0.717, 1.165) is 13.2 Å². The molecule has 0 bridgehead atoms. The number of rotatable bonds is 10. The van der Waals surface area contributed by atoms with E-state index in [1.54, 1.807) is 0 Å². The number of nitrogens with one attached hydrogen (secondary N) is 1. The minimum Gasteiger partial charge on any atom is -0.495 e. The zero-order valence-corrected chi connectivity index (χ0v) is 19.3. The number of esters is 1. The van der Waals surface area contributed by atoms with Crippen LogP contribution in [0.3, 0.4) is 0 Å². The van der Waals surface area contributed by atoms with Crippen LogP contribution >= 0.6 is 0 Å². The minimum atomic E-state index is -4.40. The summed E-state index contributed by atoms with van der Waals surface area (Å²) in [5.74, 6) is -2.06. The third-order valence-corrected chi connectivity index (χ3v) is 5.74. The lowest BCUT2D eigenvalue weighted by molar-refractivity contribution is -0.131. The molecule has 0 fully saturated rings. The summed E-state index contributed by atoms with van der Waals surface area (Å²) in [7, 11) is 1.92. The van der Waals surface area contributed by atoms with Crippen LogP contribution in [0.1, 0.15) is 15.9 Å². The number of carboxylic acids is 1. The summed E-state index contributed by atoms with van der Waals surface area (Å²) in [6.07, 6.45) is 2.08. The van der Waals surface area contributed by atoms with Gasteiger partial charge in [0.2, 0.25) is 5.75 Å². The fraction of sp³-hybridized carbons (Fsp3) is 0.238. The van der Waals surface area contributed by atoms with E-state index in [9.17, 15) is 18.0 Å². The standard InChI is InChI=1S/C21H23NO10S/c1-28-14-8-6-12(7-9-17(23)24)10-16(14)33(26,27)22-18-13(21(25)32-5)11-15(29-2)19(30-3)20(18)31-4/h6-11,22H,1-5H3,(H,23,24)/b9-7+. The second-order valence-electron chi connectivity index (χ2n) is 6.25. The fourth-order valence-corrected chi connectivity index (χ4v) is 4.18. The molecular weight excluding hydrogens is 458 g/mol. The molecule has 12 heteroatoms. The van der Waals surface area contributed by atoms with Crippen LogP contribution in [-0.2, 0) is 19.6 Å². The largest absolute Gasteiger partial charge is 0.495 e. The van der Waals surface area contributed by atoms with E-state index in [0.29, 0.717) is 0 Å². The normalized spacial score (nSPS) is 11.1. The van der Waals surface area contributed by atoms with Gasteiger partial charge in [0.15, 0.2) is 11.5 Å². The summed E-state index contributed by atoms with van der Waals surface area (Å²) in [5.41, 5.74) is -0.168. The van der Waals surface area contributed by atoms with E-state index in [1.807, 2.05) is 0 Å².